The number of esters is 1. The highest BCUT2D eigenvalue weighted by atomic mass is 35.5. The van der Waals surface area contributed by atoms with Crippen LogP contribution in [0.4, 0.5) is 0 Å². The Morgan fingerprint density at radius 3 is 2.48 bits per heavy atom. The molecule has 2 saturated heterocycles. The summed E-state index contributed by atoms with van der Waals surface area (Å²) >= 11 is 6.14. The molecule has 1 N–H and O–H groups in total. The first kappa shape index (κ1) is 33.3. The van der Waals surface area contributed by atoms with Gasteiger partial charge in [-0.25, -0.2) is 0 Å². The predicted molar refractivity (Wildman–Crippen MR) is 157 cm³/mol. The summed E-state index contributed by atoms with van der Waals surface area (Å²) in [6.07, 6.45) is 19.7. The van der Waals surface area contributed by atoms with Gasteiger partial charge >= 0.3 is 5.97 Å². The number of unbranched alkanes of at least 4 members (excludes halogenated alkanes) is 1. The fourth-order valence-corrected chi connectivity index (χ4v) is 5.85. The largest absolute Gasteiger partial charge is 0.469 e. The van der Waals surface area contributed by atoms with Crippen LogP contribution in [0.2, 0.25) is 0 Å². The number of carbonyl (C=O) groups is 1. The van der Waals surface area contributed by atoms with Gasteiger partial charge in [-0.3, -0.25) is 4.79 Å². The fraction of sp³-hybridized carbons (Fsp3) is 0.781. The molecule has 3 rings (SSSR count). The quantitative estimate of drug-likeness (QED) is 0.129. The summed E-state index contributed by atoms with van der Waals surface area (Å²) in [6, 6.07) is 0. The molecule has 0 spiro atoms. The maximum absolute atomic E-state index is 11.4. The molecule has 0 aromatic heterocycles. The third-order valence-electron chi connectivity index (χ3n) is 8.21. The summed E-state index contributed by atoms with van der Waals surface area (Å²) in [5, 5.41) is 11.9. The van der Waals surface area contributed by atoms with E-state index in [-0.39, 0.29) is 48.5 Å². The summed E-state index contributed by atoms with van der Waals surface area (Å²) in [5.74, 6) is 0.0664. The molecule has 2 aliphatic heterocycles. The van der Waals surface area contributed by atoms with E-state index in [1.165, 1.54) is 7.11 Å². The molecule has 0 amide bonds. The SMILES string of the molecule is COC(=O)CCC/C=C\C[C@@H]1[C@@H](/C=C/[C@@H](OC2CCCCO2)C(C)C/C=C(/C)Cl)[C@H](OC2CCCCO2)C[C@H]1O. The molecule has 228 valence electrons. The van der Waals surface area contributed by atoms with Crippen LogP contribution in [0.1, 0.15) is 90.9 Å². The van der Waals surface area contributed by atoms with E-state index in [9.17, 15) is 9.90 Å². The van der Waals surface area contributed by atoms with E-state index in [1.807, 2.05) is 13.0 Å². The zero-order valence-corrected chi connectivity index (χ0v) is 25.4. The summed E-state index contributed by atoms with van der Waals surface area (Å²) < 4.78 is 29.5. The number of aliphatic hydroxyl groups excluding tert-OH is 1. The molecule has 1 aliphatic carbocycles. The summed E-state index contributed by atoms with van der Waals surface area (Å²) in [7, 11) is 1.42. The smallest absolute Gasteiger partial charge is 0.305 e. The van der Waals surface area contributed by atoms with Crippen molar-refractivity contribution in [1.29, 1.82) is 0 Å². The lowest BCUT2D eigenvalue weighted by atomic mass is 9.88. The molecule has 8 heteroatoms. The topological polar surface area (TPSA) is 83.5 Å². The second-order valence-corrected chi connectivity index (χ2v) is 12.1. The molecule has 8 atom stereocenters. The lowest BCUT2D eigenvalue weighted by Gasteiger charge is -2.31. The maximum Gasteiger partial charge on any atom is 0.305 e. The van der Waals surface area contributed by atoms with Crippen molar-refractivity contribution in [2.24, 2.45) is 17.8 Å². The molecule has 3 aliphatic rings. The van der Waals surface area contributed by atoms with Crippen LogP contribution in [0.25, 0.3) is 0 Å². The normalized spacial score (nSPS) is 31.6. The van der Waals surface area contributed by atoms with Gasteiger partial charge in [-0.05, 0) is 83.0 Å². The summed E-state index contributed by atoms with van der Waals surface area (Å²) in [4.78, 5) is 11.4. The van der Waals surface area contributed by atoms with Crippen LogP contribution in [0.15, 0.2) is 35.4 Å². The van der Waals surface area contributed by atoms with Gasteiger partial charge in [-0.2, -0.15) is 0 Å². The van der Waals surface area contributed by atoms with Crippen molar-refractivity contribution in [2.75, 3.05) is 20.3 Å². The zero-order valence-electron chi connectivity index (χ0n) is 24.7. The highest BCUT2D eigenvalue weighted by Crippen LogP contribution is 2.40. The van der Waals surface area contributed by atoms with Gasteiger partial charge in [0, 0.05) is 37.0 Å². The number of rotatable bonds is 15. The number of halogens is 1. The summed E-state index contributed by atoms with van der Waals surface area (Å²) in [5.41, 5.74) is 0. The Kier molecular flexibility index (Phi) is 15.3. The van der Waals surface area contributed by atoms with Crippen LogP contribution < -0.4 is 0 Å². The van der Waals surface area contributed by atoms with Gasteiger partial charge in [0.25, 0.3) is 0 Å². The van der Waals surface area contributed by atoms with Crippen molar-refractivity contribution in [3.63, 3.8) is 0 Å². The van der Waals surface area contributed by atoms with Crippen LogP contribution in [-0.4, -0.2) is 62.3 Å². The van der Waals surface area contributed by atoms with E-state index in [4.69, 9.17) is 35.3 Å². The Balaban J connectivity index is 1.72. The molecule has 0 bridgehead atoms. The van der Waals surface area contributed by atoms with Crippen molar-refractivity contribution in [3.05, 3.63) is 35.4 Å². The van der Waals surface area contributed by atoms with Crippen LogP contribution in [0.3, 0.4) is 0 Å². The van der Waals surface area contributed by atoms with Gasteiger partial charge in [0.05, 0.1) is 25.4 Å². The van der Waals surface area contributed by atoms with Crippen LogP contribution in [0.5, 0.6) is 0 Å². The molecule has 2 heterocycles. The van der Waals surface area contributed by atoms with Gasteiger partial charge in [0.1, 0.15) is 0 Å². The fourth-order valence-electron chi connectivity index (χ4n) is 5.76. The molecule has 3 unspecified atom stereocenters. The number of methoxy groups -OCH3 is 1. The van der Waals surface area contributed by atoms with Gasteiger partial charge < -0.3 is 28.8 Å². The second-order valence-electron chi connectivity index (χ2n) is 11.5. The van der Waals surface area contributed by atoms with Crippen molar-refractivity contribution in [3.8, 4) is 0 Å². The maximum atomic E-state index is 11.4. The Labute approximate surface area is 246 Å². The monoisotopic (exact) mass is 582 g/mol. The molecule has 1 saturated carbocycles. The first-order valence-corrected chi connectivity index (χ1v) is 15.7. The molecule has 3 fully saturated rings. The Morgan fingerprint density at radius 1 is 1.10 bits per heavy atom. The number of carbonyl (C=O) groups excluding carboxylic acids is 1. The van der Waals surface area contributed by atoms with Crippen molar-refractivity contribution >= 4 is 17.6 Å². The first-order valence-electron chi connectivity index (χ1n) is 15.3. The van der Waals surface area contributed by atoms with E-state index in [0.717, 1.165) is 82.5 Å². The molecular formula is C32H51ClO7. The average molecular weight is 583 g/mol. The van der Waals surface area contributed by atoms with E-state index < -0.39 is 6.10 Å². The molecule has 0 aromatic rings. The lowest BCUT2D eigenvalue weighted by Crippen LogP contribution is -2.32. The standard InChI is InChI=1S/C32H51ClO7/c1-23(16-17-24(2)33)28(39-31-14-8-10-20-37-31)19-18-26-25(12-6-4-5-7-13-30(35)36-3)27(34)22-29(26)40-32-15-9-11-21-38-32/h4,6,17-19,23,25-29,31-32,34H,5,7-16,20-22H2,1-3H3/b6-4-,19-18+,24-17-/t23?,25-,26-,27-,28-,29-,31?,32?/m1/s1. The van der Waals surface area contributed by atoms with Gasteiger partial charge in [-0.1, -0.05) is 48.9 Å². The van der Waals surface area contributed by atoms with Crippen molar-refractivity contribution in [2.45, 2.75) is 122 Å². The second kappa shape index (κ2) is 18.3. The van der Waals surface area contributed by atoms with E-state index in [2.05, 4.69) is 31.2 Å². The minimum atomic E-state index is -0.469. The highest BCUT2D eigenvalue weighted by molar-refractivity contribution is 6.29. The van der Waals surface area contributed by atoms with Crippen LogP contribution >= 0.6 is 11.6 Å². The minimum Gasteiger partial charge on any atom is -0.469 e. The van der Waals surface area contributed by atoms with E-state index in [1.54, 1.807) is 0 Å². The third-order valence-corrected chi connectivity index (χ3v) is 8.37. The number of hydrogen-bond donors (Lipinski definition) is 1. The molecule has 40 heavy (non-hydrogen) atoms. The zero-order chi connectivity index (χ0) is 28.7. The van der Waals surface area contributed by atoms with E-state index >= 15 is 0 Å². The van der Waals surface area contributed by atoms with Crippen LogP contribution in [0, 0.1) is 17.8 Å². The predicted octanol–water partition coefficient (Wildman–Crippen LogP) is 6.82. The Hall–Kier alpha value is -1.22. The lowest BCUT2D eigenvalue weighted by molar-refractivity contribution is -0.193. The van der Waals surface area contributed by atoms with Crippen molar-refractivity contribution in [1.82, 2.24) is 0 Å². The number of hydrogen-bond acceptors (Lipinski definition) is 7. The third kappa shape index (κ3) is 11.6. The van der Waals surface area contributed by atoms with Gasteiger partial charge in [0.15, 0.2) is 12.6 Å². The van der Waals surface area contributed by atoms with Crippen molar-refractivity contribution < 1.29 is 33.6 Å². The summed E-state index contributed by atoms with van der Waals surface area (Å²) in [6.45, 7) is 5.53. The number of aliphatic hydroxyl groups is 1. The Bertz CT molecular complexity index is 812. The van der Waals surface area contributed by atoms with Gasteiger partial charge in [0.2, 0.25) is 0 Å². The molecule has 0 aromatic carbocycles. The Morgan fingerprint density at radius 2 is 1.82 bits per heavy atom. The molecule has 7 nitrogen and oxygen atoms in total. The first-order chi connectivity index (χ1) is 19.4. The molecular weight excluding hydrogens is 532 g/mol. The number of ether oxygens (including phenoxy) is 5. The number of allylic oxidation sites excluding steroid dienone is 4. The van der Waals surface area contributed by atoms with Crippen LogP contribution in [-0.2, 0) is 28.5 Å². The van der Waals surface area contributed by atoms with E-state index in [0.29, 0.717) is 12.8 Å². The average Bonchev–Trinajstić information content (AvgIpc) is 3.25. The highest BCUT2D eigenvalue weighted by Gasteiger charge is 2.42. The molecule has 0 radical (unpaired) electrons. The van der Waals surface area contributed by atoms with Gasteiger partial charge in [-0.15, -0.1) is 0 Å². The minimum absolute atomic E-state index is 0.0218.